The average Bonchev–Trinajstić information content (AvgIpc) is 2.69. The fourth-order valence-electron chi connectivity index (χ4n) is 2.87. The number of hydrogen-bond acceptors (Lipinski definition) is 2. The highest BCUT2D eigenvalue weighted by Crippen LogP contribution is 2.19. The van der Waals surface area contributed by atoms with Gasteiger partial charge in [0.15, 0.2) is 0 Å². The Bertz CT molecular complexity index is 1250. The Labute approximate surface area is 189 Å². The number of nitrogens with zero attached hydrogens (tertiary/aromatic N) is 2. The van der Waals surface area contributed by atoms with E-state index in [1.165, 1.54) is 0 Å². The van der Waals surface area contributed by atoms with Gasteiger partial charge in [-0.25, -0.2) is 4.98 Å². The van der Waals surface area contributed by atoms with E-state index in [4.69, 9.17) is 16.6 Å². The topological polar surface area (TPSA) is 34.9 Å². The minimum absolute atomic E-state index is 0.0957. The van der Waals surface area contributed by atoms with Crippen LogP contribution in [0.25, 0.3) is 28.7 Å². The lowest BCUT2D eigenvalue weighted by Gasteiger charge is -2.12. The summed E-state index contributed by atoms with van der Waals surface area (Å²) in [7, 11) is 0. The van der Waals surface area contributed by atoms with Crippen molar-refractivity contribution >= 4 is 73.2 Å². The molecular formula is C22H13BrClIN2O. The molecule has 6 heteroatoms. The second-order valence-corrected chi connectivity index (χ2v) is 8.73. The molecule has 0 aliphatic heterocycles. The largest absolute Gasteiger partial charge is 0.268 e. The molecule has 4 rings (SSSR count). The van der Waals surface area contributed by atoms with Gasteiger partial charge in [-0.1, -0.05) is 45.7 Å². The van der Waals surface area contributed by atoms with Gasteiger partial charge in [-0.15, -0.1) is 0 Å². The van der Waals surface area contributed by atoms with Crippen LogP contribution in [0.5, 0.6) is 0 Å². The first-order chi connectivity index (χ1) is 13.5. The van der Waals surface area contributed by atoms with Crippen molar-refractivity contribution in [1.82, 2.24) is 9.55 Å². The average molecular weight is 564 g/mol. The molecule has 3 nitrogen and oxygen atoms in total. The molecular weight excluding hydrogens is 551 g/mol. The Morgan fingerprint density at radius 1 is 0.964 bits per heavy atom. The van der Waals surface area contributed by atoms with Gasteiger partial charge >= 0.3 is 0 Å². The molecule has 0 saturated carbocycles. The summed E-state index contributed by atoms with van der Waals surface area (Å²) in [6.45, 7) is 0. The fourth-order valence-corrected chi connectivity index (χ4v) is 3.75. The molecule has 138 valence electrons. The van der Waals surface area contributed by atoms with E-state index in [9.17, 15) is 4.79 Å². The minimum atomic E-state index is -0.0957. The predicted octanol–water partition coefficient (Wildman–Crippen LogP) is 6.58. The molecule has 0 atom stereocenters. The summed E-state index contributed by atoms with van der Waals surface area (Å²) in [5.74, 6) is 0.566. The smallest absolute Gasteiger partial charge is 0.266 e. The molecule has 28 heavy (non-hydrogen) atoms. The Morgan fingerprint density at radius 3 is 2.39 bits per heavy atom. The molecule has 0 spiro atoms. The van der Waals surface area contributed by atoms with Crippen molar-refractivity contribution in [3.8, 4) is 5.69 Å². The Morgan fingerprint density at radius 2 is 1.68 bits per heavy atom. The van der Waals surface area contributed by atoms with Gasteiger partial charge in [-0.05, 0) is 88.8 Å². The number of aromatic nitrogens is 2. The van der Waals surface area contributed by atoms with Crippen LogP contribution < -0.4 is 5.56 Å². The van der Waals surface area contributed by atoms with Crippen molar-refractivity contribution in [3.63, 3.8) is 0 Å². The zero-order valence-electron chi connectivity index (χ0n) is 14.4. The Hall–Kier alpha value is -1.96. The molecule has 0 fully saturated rings. The van der Waals surface area contributed by atoms with Gasteiger partial charge in [0.25, 0.3) is 5.56 Å². The number of fused-ring (bicyclic) bond motifs is 1. The number of hydrogen-bond donors (Lipinski definition) is 0. The van der Waals surface area contributed by atoms with E-state index in [0.717, 1.165) is 19.3 Å². The maximum absolute atomic E-state index is 13.3. The van der Waals surface area contributed by atoms with Crippen LogP contribution in [-0.2, 0) is 0 Å². The van der Waals surface area contributed by atoms with Crippen LogP contribution in [0.1, 0.15) is 11.4 Å². The van der Waals surface area contributed by atoms with Gasteiger partial charge in [0, 0.05) is 13.1 Å². The predicted molar refractivity (Wildman–Crippen MR) is 128 cm³/mol. The van der Waals surface area contributed by atoms with Crippen molar-refractivity contribution < 1.29 is 0 Å². The maximum atomic E-state index is 13.3. The number of halogens is 3. The van der Waals surface area contributed by atoms with Gasteiger partial charge in [0.2, 0.25) is 0 Å². The molecule has 0 amide bonds. The molecule has 0 aliphatic carbocycles. The summed E-state index contributed by atoms with van der Waals surface area (Å²) in [6.07, 6.45) is 3.77. The highest BCUT2D eigenvalue weighted by molar-refractivity contribution is 14.1. The van der Waals surface area contributed by atoms with Crippen molar-refractivity contribution in [2.75, 3.05) is 0 Å². The SMILES string of the molecule is O=c1c2cc(I)ccc2nc(/C=C/c2ccc(Cl)cc2)n1-c1ccc(Br)cc1. The second kappa shape index (κ2) is 8.19. The van der Waals surface area contributed by atoms with E-state index in [1.54, 1.807) is 4.57 Å². The van der Waals surface area contributed by atoms with Gasteiger partial charge < -0.3 is 0 Å². The molecule has 1 heterocycles. The van der Waals surface area contributed by atoms with Crippen molar-refractivity contribution in [1.29, 1.82) is 0 Å². The summed E-state index contributed by atoms with van der Waals surface area (Å²) in [4.78, 5) is 18.0. The standard InChI is InChI=1S/C22H13BrClIN2O/c23-15-4-9-18(10-5-15)27-21(12-3-14-1-6-16(24)7-2-14)26-20-11-8-17(25)13-19(20)22(27)28/h1-13H/b12-3+. The quantitative estimate of drug-likeness (QED) is 0.264. The first-order valence-corrected chi connectivity index (χ1v) is 10.7. The van der Waals surface area contributed by atoms with E-state index >= 15 is 0 Å². The molecule has 1 aromatic heterocycles. The summed E-state index contributed by atoms with van der Waals surface area (Å²) < 4.78 is 3.58. The molecule has 4 aromatic rings. The zero-order chi connectivity index (χ0) is 19.7. The fraction of sp³-hybridized carbons (Fsp3) is 0. The van der Waals surface area contributed by atoms with Crippen LogP contribution >= 0.6 is 50.1 Å². The van der Waals surface area contributed by atoms with Gasteiger partial charge in [-0.2, -0.15) is 0 Å². The van der Waals surface area contributed by atoms with E-state index in [2.05, 4.69) is 38.5 Å². The Kier molecular flexibility index (Phi) is 5.66. The van der Waals surface area contributed by atoms with E-state index in [0.29, 0.717) is 21.7 Å². The summed E-state index contributed by atoms with van der Waals surface area (Å²) in [6, 6.07) is 20.8. The van der Waals surface area contributed by atoms with Gasteiger partial charge in [-0.3, -0.25) is 9.36 Å². The lowest BCUT2D eigenvalue weighted by Crippen LogP contribution is -2.22. The van der Waals surface area contributed by atoms with Crippen LogP contribution in [0.4, 0.5) is 0 Å². The van der Waals surface area contributed by atoms with Crippen molar-refractivity contribution in [2.24, 2.45) is 0 Å². The summed E-state index contributed by atoms with van der Waals surface area (Å²) >= 11 is 11.6. The second-order valence-electron chi connectivity index (χ2n) is 6.13. The van der Waals surface area contributed by atoms with Crippen molar-refractivity contribution in [2.45, 2.75) is 0 Å². The van der Waals surface area contributed by atoms with Crippen molar-refractivity contribution in [3.05, 3.63) is 102 Å². The lowest BCUT2D eigenvalue weighted by atomic mass is 10.2. The molecule has 0 bridgehead atoms. The van der Waals surface area contributed by atoms with Crippen LogP contribution in [0.3, 0.4) is 0 Å². The third kappa shape index (κ3) is 4.06. The van der Waals surface area contributed by atoms with Crippen LogP contribution in [0.15, 0.2) is 76.0 Å². The minimum Gasteiger partial charge on any atom is -0.268 e. The number of benzene rings is 3. The molecule has 3 aromatic carbocycles. The Balaban J connectivity index is 1.93. The van der Waals surface area contributed by atoms with Crippen LogP contribution in [0, 0.1) is 3.57 Å². The molecule has 0 saturated heterocycles. The lowest BCUT2D eigenvalue weighted by molar-refractivity contribution is 0.943. The first kappa shape index (κ1) is 19.4. The van der Waals surface area contributed by atoms with Crippen LogP contribution in [-0.4, -0.2) is 9.55 Å². The van der Waals surface area contributed by atoms with E-state index in [-0.39, 0.29) is 5.56 Å². The normalized spacial score (nSPS) is 11.4. The summed E-state index contributed by atoms with van der Waals surface area (Å²) in [5.41, 5.74) is 2.32. The maximum Gasteiger partial charge on any atom is 0.266 e. The third-order valence-corrected chi connectivity index (χ3v) is 5.69. The highest BCUT2D eigenvalue weighted by atomic mass is 127. The van der Waals surface area contributed by atoms with Gasteiger partial charge in [0.1, 0.15) is 5.82 Å². The first-order valence-electron chi connectivity index (χ1n) is 8.43. The molecule has 0 unspecified atom stereocenters. The molecule has 0 N–H and O–H groups in total. The monoisotopic (exact) mass is 562 g/mol. The number of rotatable bonds is 3. The van der Waals surface area contributed by atoms with Gasteiger partial charge in [0.05, 0.1) is 16.6 Å². The third-order valence-electron chi connectivity index (χ3n) is 4.24. The molecule has 0 aliphatic rings. The summed E-state index contributed by atoms with van der Waals surface area (Å²) in [5, 5.41) is 1.28. The molecule has 0 radical (unpaired) electrons. The van der Waals surface area contributed by atoms with E-state index in [1.807, 2.05) is 78.9 Å². The van der Waals surface area contributed by atoms with Crippen LogP contribution in [0.2, 0.25) is 5.02 Å². The highest BCUT2D eigenvalue weighted by Gasteiger charge is 2.11. The van der Waals surface area contributed by atoms with E-state index < -0.39 is 0 Å². The zero-order valence-corrected chi connectivity index (χ0v) is 18.9.